The molecule has 26 heavy (non-hydrogen) atoms. The van der Waals surface area contributed by atoms with Crippen LogP contribution in [0.3, 0.4) is 0 Å². The Kier molecular flexibility index (Phi) is 5.24. The van der Waals surface area contributed by atoms with Gasteiger partial charge in [0.05, 0.1) is 17.0 Å². The second kappa shape index (κ2) is 7.94. The minimum atomic E-state index is -1.06. The quantitative estimate of drug-likeness (QED) is 0.629. The molecular weight excluding hydrogens is 332 g/mol. The van der Waals surface area contributed by atoms with Crippen LogP contribution in [-0.2, 0) is 0 Å². The van der Waals surface area contributed by atoms with Crippen LogP contribution in [0.1, 0.15) is 16.1 Å². The van der Waals surface area contributed by atoms with E-state index in [0.717, 1.165) is 5.75 Å². The zero-order chi connectivity index (χ0) is 18.4. The van der Waals surface area contributed by atoms with Gasteiger partial charge >= 0.3 is 5.97 Å². The van der Waals surface area contributed by atoms with Gasteiger partial charge in [-0.25, -0.2) is 4.79 Å². The maximum absolute atomic E-state index is 11.0. The number of carboxylic acids is 1. The normalized spacial score (nSPS) is 10.2. The Hall–Kier alpha value is -3.67. The van der Waals surface area contributed by atoms with Crippen molar-refractivity contribution < 1.29 is 19.4 Å². The molecule has 0 bridgehead atoms. The molecule has 0 fully saturated rings. The van der Waals surface area contributed by atoms with Gasteiger partial charge in [0.2, 0.25) is 0 Å². The van der Waals surface area contributed by atoms with Crippen LogP contribution in [0.15, 0.2) is 72.9 Å². The second-order valence-corrected chi connectivity index (χ2v) is 5.39. The van der Waals surface area contributed by atoms with E-state index in [1.807, 2.05) is 30.3 Å². The smallest absolute Gasteiger partial charge is 0.335 e. The number of ether oxygens (including phenoxy) is 2. The lowest BCUT2D eigenvalue weighted by molar-refractivity contribution is 0.0696. The fraction of sp³-hybridized carbons (Fsp3) is 0.0500. The van der Waals surface area contributed by atoms with Crippen LogP contribution < -0.4 is 9.47 Å². The fourth-order valence-corrected chi connectivity index (χ4v) is 2.19. The van der Waals surface area contributed by atoms with Crippen molar-refractivity contribution >= 4 is 11.7 Å². The summed E-state index contributed by atoms with van der Waals surface area (Å²) in [6.45, 7) is -0.0189. The number of rotatable bonds is 7. The summed E-state index contributed by atoms with van der Waals surface area (Å²) in [7, 11) is 0. The first-order chi connectivity index (χ1) is 12.6. The van der Waals surface area contributed by atoms with E-state index in [0.29, 0.717) is 11.5 Å². The lowest BCUT2D eigenvalue weighted by atomic mass is 10.2. The maximum atomic E-state index is 11.0. The predicted octanol–water partition coefficient (Wildman–Crippen LogP) is 4.02. The molecule has 0 amide bonds. The van der Waals surface area contributed by atoms with Crippen LogP contribution in [-0.4, -0.2) is 28.4 Å². The third-order valence-electron chi connectivity index (χ3n) is 3.50. The molecule has 6 heteroatoms. The Balaban J connectivity index is 1.58. The molecule has 0 aliphatic carbocycles. The van der Waals surface area contributed by atoms with E-state index in [9.17, 15) is 4.79 Å². The third kappa shape index (κ3) is 4.45. The minimum Gasteiger partial charge on any atom is -0.487 e. The number of benzene rings is 2. The molecule has 0 saturated carbocycles. The Labute approximate surface area is 150 Å². The minimum absolute atomic E-state index is 0.0189. The van der Waals surface area contributed by atoms with Crippen LogP contribution in [0.2, 0.25) is 0 Å². The van der Waals surface area contributed by atoms with Crippen LogP contribution in [0.4, 0.5) is 0 Å². The molecule has 1 heterocycles. The molecule has 0 radical (unpaired) electrons. The molecule has 0 aliphatic heterocycles. The molecule has 0 spiro atoms. The van der Waals surface area contributed by atoms with Gasteiger partial charge in [-0.3, -0.25) is 10.4 Å². The first-order valence-corrected chi connectivity index (χ1v) is 7.85. The van der Waals surface area contributed by atoms with Crippen molar-refractivity contribution in [3.8, 4) is 17.2 Å². The molecular formula is C20H16N2O4. The lowest BCUT2D eigenvalue weighted by Gasteiger charge is -2.09. The third-order valence-corrected chi connectivity index (χ3v) is 3.50. The second-order valence-electron chi connectivity index (χ2n) is 5.39. The highest BCUT2D eigenvalue weighted by atomic mass is 16.5. The summed E-state index contributed by atoms with van der Waals surface area (Å²) in [6.07, 6.45) is 1.36. The summed E-state index contributed by atoms with van der Waals surface area (Å²) < 4.78 is 11.3. The van der Waals surface area contributed by atoms with Gasteiger partial charge < -0.3 is 14.6 Å². The van der Waals surface area contributed by atoms with E-state index in [-0.39, 0.29) is 23.6 Å². The van der Waals surface area contributed by atoms with E-state index in [1.54, 1.807) is 24.3 Å². The lowest BCUT2D eigenvalue weighted by Crippen LogP contribution is -2.14. The van der Waals surface area contributed by atoms with Crippen molar-refractivity contribution in [3.05, 3.63) is 84.2 Å². The van der Waals surface area contributed by atoms with Crippen LogP contribution in [0.5, 0.6) is 17.2 Å². The molecule has 130 valence electrons. The molecule has 6 nitrogen and oxygen atoms in total. The van der Waals surface area contributed by atoms with Crippen LogP contribution in [0, 0.1) is 5.41 Å². The van der Waals surface area contributed by atoms with E-state index in [1.165, 1.54) is 18.3 Å². The first kappa shape index (κ1) is 17.2. The highest BCUT2D eigenvalue weighted by Crippen LogP contribution is 2.23. The zero-order valence-electron chi connectivity index (χ0n) is 13.8. The van der Waals surface area contributed by atoms with Crippen LogP contribution in [0.25, 0.3) is 0 Å². The number of nitrogens with one attached hydrogen (secondary N) is 1. The van der Waals surface area contributed by atoms with Crippen molar-refractivity contribution in [2.75, 3.05) is 6.61 Å². The van der Waals surface area contributed by atoms with Gasteiger partial charge in [-0.1, -0.05) is 18.2 Å². The van der Waals surface area contributed by atoms with Crippen molar-refractivity contribution in [1.29, 1.82) is 5.41 Å². The van der Waals surface area contributed by atoms with E-state index >= 15 is 0 Å². The average molecular weight is 348 g/mol. The number of aromatic carboxylic acids is 1. The summed E-state index contributed by atoms with van der Waals surface area (Å²) in [4.78, 5) is 15.0. The van der Waals surface area contributed by atoms with Crippen molar-refractivity contribution in [2.24, 2.45) is 0 Å². The monoisotopic (exact) mass is 348 g/mol. The van der Waals surface area contributed by atoms with Crippen molar-refractivity contribution in [1.82, 2.24) is 4.98 Å². The molecule has 3 rings (SSSR count). The van der Waals surface area contributed by atoms with E-state index < -0.39 is 5.97 Å². The largest absolute Gasteiger partial charge is 0.487 e. The van der Waals surface area contributed by atoms with Gasteiger partial charge in [0.15, 0.2) is 0 Å². The standard InChI is InChI=1S/C20H16N2O4/c21-18(19-12-14(20(23)24)10-11-22-19)13-25-15-6-8-17(9-7-15)26-16-4-2-1-3-5-16/h1-12,21H,13H2,(H,23,24). The SMILES string of the molecule is N=C(COc1ccc(Oc2ccccc2)cc1)c1cc(C(=O)O)ccn1. The van der Waals surface area contributed by atoms with Crippen molar-refractivity contribution in [2.45, 2.75) is 0 Å². The van der Waals surface area contributed by atoms with Crippen molar-refractivity contribution in [3.63, 3.8) is 0 Å². The number of pyridine rings is 1. The van der Waals surface area contributed by atoms with Gasteiger partial charge in [-0.2, -0.15) is 0 Å². The summed E-state index contributed by atoms with van der Waals surface area (Å²) >= 11 is 0. The molecule has 1 aromatic heterocycles. The molecule has 0 saturated heterocycles. The number of para-hydroxylation sites is 1. The predicted molar refractivity (Wildman–Crippen MR) is 96.5 cm³/mol. The van der Waals surface area contributed by atoms with Gasteiger partial charge in [0.25, 0.3) is 0 Å². The molecule has 3 aromatic rings. The molecule has 2 N–H and O–H groups in total. The number of aromatic nitrogens is 1. The molecule has 2 aromatic carbocycles. The van der Waals surface area contributed by atoms with Gasteiger partial charge in [0.1, 0.15) is 23.9 Å². The maximum Gasteiger partial charge on any atom is 0.335 e. The number of carbonyl (C=O) groups is 1. The Morgan fingerprint density at radius 1 is 0.962 bits per heavy atom. The summed E-state index contributed by atoms with van der Waals surface area (Å²) in [6, 6.07) is 19.2. The van der Waals surface area contributed by atoms with Crippen LogP contribution >= 0.6 is 0 Å². The molecule has 0 unspecified atom stereocenters. The Morgan fingerprint density at radius 2 is 1.62 bits per heavy atom. The Morgan fingerprint density at radius 3 is 2.31 bits per heavy atom. The van der Waals surface area contributed by atoms with E-state index in [2.05, 4.69) is 4.98 Å². The first-order valence-electron chi connectivity index (χ1n) is 7.85. The summed E-state index contributed by atoms with van der Waals surface area (Å²) in [5, 5.41) is 17.0. The fourth-order valence-electron chi connectivity index (χ4n) is 2.19. The highest BCUT2D eigenvalue weighted by molar-refractivity contribution is 5.99. The highest BCUT2D eigenvalue weighted by Gasteiger charge is 2.09. The topological polar surface area (TPSA) is 92.5 Å². The van der Waals surface area contributed by atoms with Gasteiger partial charge in [0, 0.05) is 6.20 Å². The van der Waals surface area contributed by atoms with Gasteiger partial charge in [-0.15, -0.1) is 0 Å². The summed E-state index contributed by atoms with van der Waals surface area (Å²) in [5.74, 6) is 0.933. The molecule has 0 atom stereocenters. The summed E-state index contributed by atoms with van der Waals surface area (Å²) in [5.41, 5.74) is 0.453. The zero-order valence-corrected chi connectivity index (χ0v) is 13.8. The number of hydrogen-bond acceptors (Lipinski definition) is 5. The Bertz CT molecular complexity index is 909. The van der Waals surface area contributed by atoms with Gasteiger partial charge in [-0.05, 0) is 48.5 Å². The number of hydrogen-bond donors (Lipinski definition) is 2. The van der Waals surface area contributed by atoms with E-state index in [4.69, 9.17) is 20.0 Å². The number of nitrogens with zero attached hydrogens (tertiary/aromatic N) is 1. The average Bonchev–Trinajstić information content (AvgIpc) is 2.68. The number of carboxylic acid groups (broad SMARTS) is 1. The molecule has 0 aliphatic rings.